The van der Waals surface area contributed by atoms with Crippen LogP contribution in [-0.4, -0.2) is 36.6 Å². The van der Waals surface area contributed by atoms with E-state index in [1.807, 2.05) is 26.0 Å². The van der Waals surface area contributed by atoms with Gasteiger partial charge in [0.15, 0.2) is 12.0 Å². The summed E-state index contributed by atoms with van der Waals surface area (Å²) in [5, 5.41) is 4.40. The van der Waals surface area contributed by atoms with Gasteiger partial charge in [0.1, 0.15) is 0 Å². The summed E-state index contributed by atoms with van der Waals surface area (Å²) in [6.07, 6.45) is 1.44. The first-order valence-corrected chi connectivity index (χ1v) is 9.22. The van der Waals surface area contributed by atoms with Crippen LogP contribution in [0.25, 0.3) is 16.5 Å². The van der Waals surface area contributed by atoms with E-state index in [1.165, 1.54) is 7.11 Å². The molecule has 0 amide bonds. The van der Waals surface area contributed by atoms with E-state index in [4.69, 9.17) is 14.2 Å². The van der Waals surface area contributed by atoms with Crippen molar-refractivity contribution < 1.29 is 19.0 Å². The summed E-state index contributed by atoms with van der Waals surface area (Å²) in [6.45, 7) is 9.29. The fraction of sp³-hybridized carbons (Fsp3) is 0.476. The molecule has 1 fully saturated rings. The van der Waals surface area contributed by atoms with Gasteiger partial charge in [0.2, 0.25) is 0 Å². The Morgan fingerprint density at radius 3 is 2.67 bits per heavy atom. The number of carbonyl (C=O) groups excluding carboxylic acids is 1. The lowest BCUT2D eigenvalue weighted by Crippen LogP contribution is -2.29. The molecule has 3 heterocycles. The number of para-hydroxylation sites is 1. The summed E-state index contributed by atoms with van der Waals surface area (Å²) in [6, 6.07) is 8.20. The third-order valence-corrected chi connectivity index (χ3v) is 5.32. The fourth-order valence-electron chi connectivity index (χ4n) is 4.14. The number of fused-ring (bicyclic) bond motifs is 3. The number of rotatable bonds is 2. The molecule has 6 heteroatoms. The summed E-state index contributed by atoms with van der Waals surface area (Å²) in [5.41, 5.74) is 3.29. The molecule has 0 saturated carbocycles. The molecule has 2 aliphatic heterocycles. The van der Waals surface area contributed by atoms with Crippen LogP contribution in [0.2, 0.25) is 0 Å². The molecule has 0 aliphatic carbocycles. The van der Waals surface area contributed by atoms with Crippen molar-refractivity contribution in [2.75, 3.05) is 20.3 Å². The van der Waals surface area contributed by atoms with Gasteiger partial charge in [0.05, 0.1) is 30.5 Å². The molecule has 1 aromatic heterocycles. The first-order chi connectivity index (χ1) is 12.7. The maximum atomic E-state index is 12.6. The topological polar surface area (TPSA) is 61.7 Å². The molecule has 2 aromatic rings. The molecule has 1 atom stereocenters. The van der Waals surface area contributed by atoms with E-state index in [1.54, 1.807) is 6.20 Å². The lowest BCUT2D eigenvalue weighted by atomic mass is 9.82. The van der Waals surface area contributed by atoms with Gasteiger partial charge < -0.3 is 24.1 Å². The van der Waals surface area contributed by atoms with Crippen molar-refractivity contribution in [1.82, 2.24) is 9.88 Å². The Labute approximate surface area is 159 Å². The van der Waals surface area contributed by atoms with Crippen LogP contribution in [0, 0.1) is 0 Å². The highest BCUT2D eigenvalue weighted by molar-refractivity contribution is 6.18. The second-order valence-corrected chi connectivity index (χ2v) is 8.21. The number of nitrogens with zero attached hydrogens (tertiary/aromatic N) is 1. The molecule has 0 radical (unpaired) electrons. The monoisotopic (exact) mass is 370 g/mol. The predicted molar refractivity (Wildman–Crippen MR) is 103 cm³/mol. The van der Waals surface area contributed by atoms with Gasteiger partial charge in [-0.15, -0.1) is 0 Å². The molecule has 144 valence electrons. The number of aromatic nitrogens is 1. The smallest absolute Gasteiger partial charge is 0.341 e. The first-order valence-electron chi connectivity index (χ1n) is 9.22. The normalized spacial score (nSPS) is 23.3. The zero-order chi connectivity index (χ0) is 19.4. The van der Waals surface area contributed by atoms with E-state index in [9.17, 15) is 4.79 Å². The van der Waals surface area contributed by atoms with Crippen molar-refractivity contribution in [2.24, 2.45) is 0 Å². The van der Waals surface area contributed by atoms with Gasteiger partial charge in [0.25, 0.3) is 0 Å². The average molecular weight is 370 g/mol. The number of methoxy groups -OCH3 is 1. The maximum Gasteiger partial charge on any atom is 0.341 e. The maximum absolute atomic E-state index is 12.6. The van der Waals surface area contributed by atoms with Gasteiger partial charge in [-0.05, 0) is 25.5 Å². The molecule has 0 bridgehead atoms. The molecular formula is C21H26N2O4. The Kier molecular flexibility index (Phi) is 4.09. The van der Waals surface area contributed by atoms with E-state index in [0.29, 0.717) is 18.7 Å². The number of hydrogen-bond donors (Lipinski definition) is 1. The number of benzene rings is 1. The van der Waals surface area contributed by atoms with E-state index in [0.717, 1.165) is 22.2 Å². The summed E-state index contributed by atoms with van der Waals surface area (Å²) < 4.78 is 19.2. The molecule has 2 aliphatic rings. The van der Waals surface area contributed by atoms with Crippen molar-refractivity contribution >= 4 is 22.4 Å². The van der Waals surface area contributed by atoms with Gasteiger partial charge in [-0.2, -0.15) is 0 Å². The van der Waals surface area contributed by atoms with Crippen LogP contribution < -0.4 is 5.32 Å². The second-order valence-electron chi connectivity index (χ2n) is 8.21. The molecule has 4 rings (SSSR count). The summed E-state index contributed by atoms with van der Waals surface area (Å²) in [4.78, 5) is 12.6. The quantitative estimate of drug-likeness (QED) is 0.822. The Morgan fingerprint density at radius 2 is 2.00 bits per heavy atom. The third kappa shape index (κ3) is 2.84. The largest absolute Gasteiger partial charge is 0.465 e. The van der Waals surface area contributed by atoms with Gasteiger partial charge in [-0.25, -0.2) is 4.79 Å². The highest BCUT2D eigenvalue weighted by Crippen LogP contribution is 2.44. The van der Waals surface area contributed by atoms with Gasteiger partial charge in [0, 0.05) is 23.5 Å². The molecule has 1 unspecified atom stereocenters. The number of carbonyl (C=O) groups is 1. The zero-order valence-electron chi connectivity index (χ0n) is 16.5. The minimum Gasteiger partial charge on any atom is -0.465 e. The van der Waals surface area contributed by atoms with Crippen molar-refractivity contribution in [2.45, 2.75) is 45.1 Å². The van der Waals surface area contributed by atoms with Crippen LogP contribution in [0.3, 0.4) is 0 Å². The second kappa shape index (κ2) is 6.11. The van der Waals surface area contributed by atoms with E-state index >= 15 is 0 Å². The summed E-state index contributed by atoms with van der Waals surface area (Å²) in [5.74, 6) is -1.04. The lowest BCUT2D eigenvalue weighted by molar-refractivity contribution is -0.147. The van der Waals surface area contributed by atoms with Gasteiger partial charge >= 0.3 is 5.97 Å². The zero-order valence-corrected chi connectivity index (χ0v) is 16.5. The third-order valence-electron chi connectivity index (χ3n) is 5.32. The lowest BCUT2D eigenvalue weighted by Gasteiger charge is -2.25. The molecule has 27 heavy (non-hydrogen) atoms. The minimum absolute atomic E-state index is 0.193. The summed E-state index contributed by atoms with van der Waals surface area (Å²) >= 11 is 0. The van der Waals surface area contributed by atoms with Crippen LogP contribution in [-0.2, 0) is 24.4 Å². The Bertz CT molecular complexity index is 939. The van der Waals surface area contributed by atoms with E-state index in [2.05, 4.69) is 35.9 Å². The molecule has 1 N–H and O–H groups in total. The predicted octanol–water partition coefficient (Wildman–Crippen LogP) is 3.32. The molecule has 1 aromatic carbocycles. The van der Waals surface area contributed by atoms with E-state index < -0.39 is 5.79 Å². The van der Waals surface area contributed by atoms with Crippen LogP contribution in [0.1, 0.15) is 45.2 Å². The highest BCUT2D eigenvalue weighted by atomic mass is 16.7. The molecular weight excluding hydrogens is 344 g/mol. The Balaban J connectivity index is 2.06. The van der Waals surface area contributed by atoms with Crippen LogP contribution in [0.15, 0.2) is 30.5 Å². The fourth-order valence-corrected chi connectivity index (χ4v) is 4.14. The first kappa shape index (κ1) is 18.1. The number of nitrogens with one attached hydrogen (secondary N) is 1. The minimum atomic E-state index is -0.670. The van der Waals surface area contributed by atoms with Crippen molar-refractivity contribution in [1.29, 1.82) is 0 Å². The van der Waals surface area contributed by atoms with E-state index in [-0.39, 0.29) is 17.6 Å². The van der Waals surface area contributed by atoms with Crippen LogP contribution in [0.5, 0.6) is 0 Å². The highest BCUT2D eigenvalue weighted by Gasteiger charge is 2.41. The van der Waals surface area contributed by atoms with Crippen molar-refractivity contribution in [3.63, 3.8) is 0 Å². The molecule has 0 spiro atoms. The number of hydrogen-bond acceptors (Lipinski definition) is 5. The van der Waals surface area contributed by atoms with Gasteiger partial charge in [-0.1, -0.05) is 32.0 Å². The van der Waals surface area contributed by atoms with Gasteiger partial charge in [-0.3, -0.25) is 0 Å². The Morgan fingerprint density at radius 1 is 1.26 bits per heavy atom. The number of esters is 1. The average Bonchev–Trinajstić information content (AvgIpc) is 3.10. The van der Waals surface area contributed by atoms with Crippen molar-refractivity contribution in [3.05, 3.63) is 41.7 Å². The Hall–Kier alpha value is -2.31. The van der Waals surface area contributed by atoms with Crippen molar-refractivity contribution in [3.8, 4) is 0 Å². The summed E-state index contributed by atoms with van der Waals surface area (Å²) in [7, 11) is 1.41. The SMILES string of the molecule is COC(=O)C1=CNCC(C)(C)c2c1n(C1COC(C)(C)O1)c1ccccc21. The van der Waals surface area contributed by atoms with Crippen LogP contribution >= 0.6 is 0 Å². The molecule has 1 saturated heterocycles. The standard InChI is InChI=1S/C21H26N2O4/c1-20(2)12-22-10-14(19(24)25-5)18-17(20)13-8-6-7-9-15(13)23(18)16-11-26-21(3,4)27-16/h6-10,16,22H,11-12H2,1-5H3. The van der Waals surface area contributed by atoms with Crippen LogP contribution in [0.4, 0.5) is 0 Å². The molecule has 6 nitrogen and oxygen atoms in total. The number of ether oxygens (including phenoxy) is 3.